The zero-order valence-corrected chi connectivity index (χ0v) is 16.1. The summed E-state index contributed by atoms with van der Waals surface area (Å²) in [6, 6.07) is 11.4. The summed E-state index contributed by atoms with van der Waals surface area (Å²) in [6.45, 7) is 15.9. The lowest BCUT2D eigenvalue weighted by atomic mass is 9.82. The van der Waals surface area contributed by atoms with Crippen LogP contribution in [-0.2, 0) is 17.9 Å². The molecule has 0 bridgehead atoms. The molecule has 0 fully saturated rings. The van der Waals surface area contributed by atoms with Gasteiger partial charge in [0.2, 0.25) is 5.69 Å². The minimum Gasteiger partial charge on any atom is -0.201 e. The van der Waals surface area contributed by atoms with Crippen molar-refractivity contribution in [2.24, 2.45) is 7.05 Å². The van der Waals surface area contributed by atoms with Crippen molar-refractivity contribution in [3.8, 4) is 11.3 Å². The third-order valence-corrected chi connectivity index (χ3v) is 5.17. The lowest BCUT2D eigenvalue weighted by Gasteiger charge is -2.22. The van der Waals surface area contributed by atoms with E-state index in [1.165, 1.54) is 27.9 Å². The number of hydrogen-bond acceptors (Lipinski definition) is 0. The number of pyridine rings is 1. The molecule has 0 N–H and O–H groups in total. The van der Waals surface area contributed by atoms with E-state index in [4.69, 9.17) is 0 Å². The fourth-order valence-electron chi connectivity index (χ4n) is 2.91. The fourth-order valence-corrected chi connectivity index (χ4v) is 2.91. The SMILES string of the molecule is CCC(C)(C)c1ccc(-c2ccc(C(C)(C)C)cc2C)[n+](C)c1. The van der Waals surface area contributed by atoms with Gasteiger partial charge in [0.15, 0.2) is 6.20 Å². The standard InChI is InChI=1S/C22H32N/c1-9-22(6,7)18-11-13-20(23(8)15-18)19-12-10-17(14-16(19)2)21(3,4)5/h10-15H,9H2,1-8H3/q+1. The second-order valence-electron chi connectivity index (χ2n) is 8.43. The van der Waals surface area contributed by atoms with Gasteiger partial charge in [-0.05, 0) is 47.4 Å². The van der Waals surface area contributed by atoms with E-state index < -0.39 is 0 Å². The minimum absolute atomic E-state index is 0.195. The molecule has 0 aliphatic rings. The van der Waals surface area contributed by atoms with Crippen LogP contribution in [0.1, 0.15) is 64.7 Å². The van der Waals surface area contributed by atoms with Crippen molar-refractivity contribution in [3.63, 3.8) is 0 Å². The quantitative estimate of drug-likeness (QED) is 0.662. The van der Waals surface area contributed by atoms with Gasteiger partial charge in [0.25, 0.3) is 0 Å². The fraction of sp³-hybridized carbons (Fsp3) is 0.500. The first kappa shape index (κ1) is 17.7. The van der Waals surface area contributed by atoms with Crippen molar-refractivity contribution in [2.45, 2.75) is 65.7 Å². The van der Waals surface area contributed by atoms with E-state index in [1.54, 1.807) is 0 Å². The Morgan fingerprint density at radius 1 is 0.913 bits per heavy atom. The molecular weight excluding hydrogens is 278 g/mol. The lowest BCUT2D eigenvalue weighted by Crippen LogP contribution is -2.33. The first-order chi connectivity index (χ1) is 10.6. The van der Waals surface area contributed by atoms with Crippen molar-refractivity contribution in [3.05, 3.63) is 53.2 Å². The first-order valence-corrected chi connectivity index (χ1v) is 8.68. The Morgan fingerprint density at radius 2 is 1.52 bits per heavy atom. The predicted octanol–water partition coefficient (Wildman–Crippen LogP) is 5.47. The van der Waals surface area contributed by atoms with E-state index in [0.29, 0.717) is 0 Å². The van der Waals surface area contributed by atoms with Gasteiger partial charge in [-0.25, -0.2) is 4.57 Å². The lowest BCUT2D eigenvalue weighted by molar-refractivity contribution is -0.661. The minimum atomic E-state index is 0.195. The summed E-state index contributed by atoms with van der Waals surface area (Å²) in [5, 5.41) is 0. The zero-order valence-electron chi connectivity index (χ0n) is 16.1. The highest BCUT2D eigenvalue weighted by Gasteiger charge is 2.23. The third kappa shape index (κ3) is 3.65. The second-order valence-corrected chi connectivity index (χ2v) is 8.43. The van der Waals surface area contributed by atoms with Gasteiger partial charge < -0.3 is 0 Å². The van der Waals surface area contributed by atoms with Crippen LogP contribution in [0, 0.1) is 6.92 Å². The van der Waals surface area contributed by atoms with Crippen LogP contribution in [0.25, 0.3) is 11.3 Å². The van der Waals surface area contributed by atoms with E-state index in [-0.39, 0.29) is 10.8 Å². The highest BCUT2D eigenvalue weighted by Crippen LogP contribution is 2.30. The Labute approximate surface area is 142 Å². The normalized spacial score (nSPS) is 12.5. The molecule has 0 atom stereocenters. The highest BCUT2D eigenvalue weighted by atomic mass is 14.9. The number of hydrogen-bond donors (Lipinski definition) is 0. The predicted molar refractivity (Wildman–Crippen MR) is 99.8 cm³/mol. The molecule has 0 saturated heterocycles. The number of aromatic nitrogens is 1. The van der Waals surface area contributed by atoms with Crippen LogP contribution in [-0.4, -0.2) is 0 Å². The van der Waals surface area contributed by atoms with Gasteiger partial charge in [-0.3, -0.25) is 0 Å². The van der Waals surface area contributed by atoms with E-state index in [0.717, 1.165) is 6.42 Å². The number of rotatable bonds is 3. The Morgan fingerprint density at radius 3 is 2.00 bits per heavy atom. The van der Waals surface area contributed by atoms with E-state index in [9.17, 15) is 0 Å². The molecule has 1 aromatic carbocycles. The first-order valence-electron chi connectivity index (χ1n) is 8.68. The molecule has 0 saturated carbocycles. The van der Waals surface area contributed by atoms with E-state index in [2.05, 4.69) is 96.6 Å². The summed E-state index contributed by atoms with van der Waals surface area (Å²) in [5.41, 5.74) is 7.15. The molecule has 0 unspecified atom stereocenters. The Balaban J connectivity index is 2.48. The van der Waals surface area contributed by atoms with Gasteiger partial charge in [0.05, 0.1) is 0 Å². The van der Waals surface area contributed by atoms with Crippen molar-refractivity contribution in [1.82, 2.24) is 0 Å². The molecule has 1 nitrogen and oxygen atoms in total. The summed E-state index contributed by atoms with van der Waals surface area (Å²) in [7, 11) is 2.15. The smallest absolute Gasteiger partial charge is 0.201 e. The van der Waals surface area contributed by atoms with Gasteiger partial charge >= 0.3 is 0 Å². The molecule has 23 heavy (non-hydrogen) atoms. The van der Waals surface area contributed by atoms with Crippen LogP contribution in [0.4, 0.5) is 0 Å². The largest absolute Gasteiger partial charge is 0.212 e. The topological polar surface area (TPSA) is 3.88 Å². The van der Waals surface area contributed by atoms with Gasteiger partial charge in [-0.2, -0.15) is 0 Å². The molecule has 1 heteroatoms. The Kier molecular flexibility index (Phi) is 4.71. The van der Waals surface area contributed by atoms with Gasteiger partial charge in [0, 0.05) is 17.2 Å². The van der Waals surface area contributed by atoms with Crippen LogP contribution in [0.3, 0.4) is 0 Å². The molecule has 0 spiro atoms. The molecule has 1 heterocycles. The summed E-state index contributed by atoms with van der Waals surface area (Å²) in [6.07, 6.45) is 3.43. The molecule has 124 valence electrons. The maximum atomic E-state index is 2.33. The van der Waals surface area contributed by atoms with Crippen LogP contribution < -0.4 is 4.57 Å². The average Bonchev–Trinajstić information content (AvgIpc) is 2.46. The summed E-state index contributed by atoms with van der Waals surface area (Å²) < 4.78 is 2.27. The van der Waals surface area contributed by atoms with Gasteiger partial charge in [-0.15, -0.1) is 0 Å². The maximum Gasteiger partial charge on any atom is 0.212 e. The van der Waals surface area contributed by atoms with Crippen molar-refractivity contribution >= 4 is 0 Å². The Bertz CT molecular complexity index is 702. The van der Waals surface area contributed by atoms with E-state index >= 15 is 0 Å². The molecule has 2 rings (SSSR count). The summed E-state index contributed by atoms with van der Waals surface area (Å²) in [5.74, 6) is 0. The monoisotopic (exact) mass is 310 g/mol. The van der Waals surface area contributed by atoms with Gasteiger partial charge in [-0.1, -0.05) is 53.7 Å². The van der Waals surface area contributed by atoms with Gasteiger partial charge in [0.1, 0.15) is 7.05 Å². The average molecular weight is 311 g/mol. The molecule has 2 aromatic rings. The third-order valence-electron chi connectivity index (χ3n) is 5.17. The van der Waals surface area contributed by atoms with Crippen molar-refractivity contribution < 1.29 is 4.57 Å². The number of aryl methyl sites for hydroxylation is 2. The van der Waals surface area contributed by atoms with Crippen LogP contribution in [0.2, 0.25) is 0 Å². The zero-order chi connectivity index (χ0) is 17.4. The van der Waals surface area contributed by atoms with Crippen molar-refractivity contribution in [1.29, 1.82) is 0 Å². The summed E-state index contributed by atoms with van der Waals surface area (Å²) in [4.78, 5) is 0. The molecule has 1 aromatic heterocycles. The molecule has 0 radical (unpaired) electrons. The molecular formula is C22H32N+. The maximum absolute atomic E-state index is 2.33. The highest BCUT2D eigenvalue weighted by molar-refractivity contribution is 5.62. The number of benzene rings is 1. The van der Waals surface area contributed by atoms with E-state index in [1.807, 2.05) is 0 Å². The van der Waals surface area contributed by atoms with Crippen LogP contribution >= 0.6 is 0 Å². The Hall–Kier alpha value is -1.63. The molecule has 0 aliphatic heterocycles. The summed E-state index contributed by atoms with van der Waals surface area (Å²) >= 11 is 0. The van der Waals surface area contributed by atoms with Crippen LogP contribution in [0.5, 0.6) is 0 Å². The second kappa shape index (κ2) is 6.11. The van der Waals surface area contributed by atoms with Crippen LogP contribution in [0.15, 0.2) is 36.5 Å². The van der Waals surface area contributed by atoms with Crippen molar-refractivity contribution in [2.75, 3.05) is 0 Å². The molecule has 0 aliphatic carbocycles. The number of nitrogens with zero attached hydrogens (tertiary/aromatic N) is 1. The molecule has 0 amide bonds.